The lowest BCUT2D eigenvalue weighted by atomic mass is 10.1. The normalized spacial score (nSPS) is 17.4. The Morgan fingerprint density at radius 2 is 1.83 bits per heavy atom. The molecule has 0 unspecified atom stereocenters. The van der Waals surface area contributed by atoms with Gasteiger partial charge in [-0.2, -0.15) is 0 Å². The first kappa shape index (κ1) is 23.2. The monoisotopic (exact) mass is 469 g/mol. The van der Waals surface area contributed by atoms with Gasteiger partial charge in [0.05, 0.1) is 11.7 Å². The summed E-state index contributed by atoms with van der Waals surface area (Å²) < 4.78 is 0. The SMILES string of the molecule is Cc1ccc(NC(=O)c2cccc([C@H]3CCCN3C(=O)CCCN3Cc4ccccc4C3)n2)nc1. The summed E-state index contributed by atoms with van der Waals surface area (Å²) in [5.41, 5.74) is 4.92. The Hall–Kier alpha value is -3.58. The number of carbonyl (C=O) groups excluding carboxylic acids is 2. The van der Waals surface area contributed by atoms with Crippen LogP contribution >= 0.6 is 0 Å². The fourth-order valence-electron chi connectivity index (χ4n) is 5.02. The number of benzene rings is 1. The van der Waals surface area contributed by atoms with Crippen molar-refractivity contribution >= 4 is 17.6 Å². The summed E-state index contributed by atoms with van der Waals surface area (Å²) in [7, 11) is 0. The highest BCUT2D eigenvalue weighted by Crippen LogP contribution is 2.32. The van der Waals surface area contributed by atoms with E-state index in [0.717, 1.165) is 56.7 Å². The Morgan fingerprint density at radius 3 is 2.57 bits per heavy atom. The molecule has 7 nitrogen and oxygen atoms in total. The molecule has 0 spiro atoms. The maximum atomic E-state index is 13.1. The third-order valence-corrected chi connectivity index (χ3v) is 6.84. The Labute approximate surface area is 206 Å². The lowest BCUT2D eigenvalue weighted by Gasteiger charge is -2.25. The molecule has 2 aliphatic rings. The number of carbonyl (C=O) groups is 2. The standard InChI is InChI=1S/C28H31N5O2/c1-20-13-14-26(29-17-20)31-28(35)24-10-4-9-23(30-24)25-11-5-16-33(25)27(34)12-6-15-32-18-21-7-2-3-8-22(21)19-32/h2-4,7-10,13-14,17,25H,5-6,11-12,15-16,18-19H2,1H3,(H,29,31,35)/t25-/m1/s1. The van der Waals surface area contributed by atoms with E-state index in [4.69, 9.17) is 0 Å². The summed E-state index contributed by atoms with van der Waals surface area (Å²) in [6.45, 7) is 5.54. The van der Waals surface area contributed by atoms with E-state index >= 15 is 0 Å². The van der Waals surface area contributed by atoms with Crippen LogP contribution in [0.1, 0.15) is 64.6 Å². The van der Waals surface area contributed by atoms with Gasteiger partial charge in [-0.05, 0) is 67.6 Å². The molecule has 1 saturated heterocycles. The maximum absolute atomic E-state index is 13.1. The van der Waals surface area contributed by atoms with Crippen LogP contribution in [-0.4, -0.2) is 44.7 Å². The van der Waals surface area contributed by atoms with Crippen LogP contribution in [0.3, 0.4) is 0 Å². The van der Waals surface area contributed by atoms with E-state index in [9.17, 15) is 9.59 Å². The van der Waals surface area contributed by atoms with E-state index in [2.05, 4.69) is 44.5 Å². The predicted octanol–water partition coefficient (Wildman–Crippen LogP) is 4.50. The lowest BCUT2D eigenvalue weighted by molar-refractivity contribution is -0.132. The zero-order chi connectivity index (χ0) is 24.2. The van der Waals surface area contributed by atoms with Crippen molar-refractivity contribution in [2.75, 3.05) is 18.4 Å². The molecular formula is C28H31N5O2. The van der Waals surface area contributed by atoms with E-state index < -0.39 is 0 Å². The second-order valence-electron chi connectivity index (χ2n) is 9.45. The number of pyridine rings is 2. The number of likely N-dealkylation sites (tertiary alicyclic amines) is 1. The molecule has 35 heavy (non-hydrogen) atoms. The van der Waals surface area contributed by atoms with E-state index in [1.807, 2.05) is 30.0 Å². The van der Waals surface area contributed by atoms with Gasteiger partial charge in [0.1, 0.15) is 11.5 Å². The fourth-order valence-corrected chi connectivity index (χ4v) is 5.02. The third-order valence-electron chi connectivity index (χ3n) is 6.84. The van der Waals surface area contributed by atoms with Crippen LogP contribution < -0.4 is 5.32 Å². The maximum Gasteiger partial charge on any atom is 0.275 e. The lowest BCUT2D eigenvalue weighted by Crippen LogP contribution is -2.32. The number of rotatable bonds is 7. The first-order chi connectivity index (χ1) is 17.1. The van der Waals surface area contributed by atoms with Crippen LogP contribution in [0.5, 0.6) is 0 Å². The van der Waals surface area contributed by atoms with Crippen molar-refractivity contribution in [1.29, 1.82) is 0 Å². The van der Waals surface area contributed by atoms with Gasteiger partial charge in [0, 0.05) is 32.3 Å². The number of anilines is 1. The minimum atomic E-state index is -0.300. The zero-order valence-corrected chi connectivity index (χ0v) is 20.1. The summed E-state index contributed by atoms with van der Waals surface area (Å²) in [5, 5.41) is 2.80. The highest BCUT2D eigenvalue weighted by Gasteiger charge is 2.31. The Kier molecular flexibility index (Phi) is 6.86. The third kappa shape index (κ3) is 5.41. The fraction of sp³-hybridized carbons (Fsp3) is 0.357. The predicted molar refractivity (Wildman–Crippen MR) is 135 cm³/mol. The van der Waals surface area contributed by atoms with Gasteiger partial charge in [-0.3, -0.25) is 14.5 Å². The molecule has 0 saturated carbocycles. The van der Waals surface area contributed by atoms with Gasteiger partial charge in [-0.15, -0.1) is 0 Å². The summed E-state index contributed by atoms with van der Waals surface area (Å²) in [4.78, 5) is 39.0. The Bertz CT molecular complexity index is 1180. The number of amides is 2. The molecule has 0 radical (unpaired) electrons. The summed E-state index contributed by atoms with van der Waals surface area (Å²) >= 11 is 0. The van der Waals surface area contributed by atoms with Gasteiger partial charge >= 0.3 is 0 Å². The van der Waals surface area contributed by atoms with Gasteiger partial charge in [0.2, 0.25) is 5.91 Å². The molecule has 5 rings (SSSR count). The van der Waals surface area contributed by atoms with E-state index in [1.54, 1.807) is 18.3 Å². The van der Waals surface area contributed by atoms with Crippen molar-refractivity contribution in [3.63, 3.8) is 0 Å². The van der Waals surface area contributed by atoms with Crippen LogP contribution in [0.25, 0.3) is 0 Å². The van der Waals surface area contributed by atoms with E-state index in [0.29, 0.717) is 17.9 Å². The van der Waals surface area contributed by atoms with Crippen molar-refractivity contribution in [3.8, 4) is 0 Å². The first-order valence-electron chi connectivity index (χ1n) is 12.4. The molecule has 2 aromatic heterocycles. The Morgan fingerprint density at radius 1 is 1.03 bits per heavy atom. The smallest absolute Gasteiger partial charge is 0.275 e. The summed E-state index contributed by atoms with van der Waals surface area (Å²) in [5.74, 6) is 0.363. The molecule has 0 bridgehead atoms. The number of aromatic nitrogens is 2. The molecule has 2 amide bonds. The van der Waals surface area contributed by atoms with Crippen LogP contribution in [-0.2, 0) is 17.9 Å². The van der Waals surface area contributed by atoms with Crippen LogP contribution in [0.15, 0.2) is 60.8 Å². The summed E-state index contributed by atoms with van der Waals surface area (Å²) in [6, 6.07) is 17.6. The second kappa shape index (κ2) is 10.4. The average Bonchev–Trinajstić information content (AvgIpc) is 3.52. The first-order valence-corrected chi connectivity index (χ1v) is 12.4. The number of aryl methyl sites for hydroxylation is 1. The zero-order valence-electron chi connectivity index (χ0n) is 20.1. The summed E-state index contributed by atoms with van der Waals surface area (Å²) in [6.07, 6.45) is 4.90. The van der Waals surface area contributed by atoms with E-state index in [1.165, 1.54) is 11.1 Å². The molecule has 7 heteroatoms. The van der Waals surface area contributed by atoms with Crippen LogP contribution in [0.4, 0.5) is 5.82 Å². The molecular weight excluding hydrogens is 438 g/mol. The molecule has 180 valence electrons. The van der Waals surface area contributed by atoms with Gasteiger partial charge in [-0.1, -0.05) is 36.4 Å². The highest BCUT2D eigenvalue weighted by molar-refractivity contribution is 6.02. The van der Waals surface area contributed by atoms with Crippen LogP contribution in [0.2, 0.25) is 0 Å². The van der Waals surface area contributed by atoms with Gasteiger partial charge in [0.15, 0.2) is 0 Å². The van der Waals surface area contributed by atoms with E-state index in [-0.39, 0.29) is 17.9 Å². The number of hydrogen-bond acceptors (Lipinski definition) is 5. The molecule has 1 fully saturated rings. The molecule has 1 N–H and O–H groups in total. The minimum Gasteiger partial charge on any atom is -0.334 e. The molecule has 3 aromatic rings. The largest absolute Gasteiger partial charge is 0.334 e. The van der Waals surface area contributed by atoms with Gasteiger partial charge in [-0.25, -0.2) is 9.97 Å². The van der Waals surface area contributed by atoms with Crippen molar-refractivity contribution in [1.82, 2.24) is 19.8 Å². The Balaban J connectivity index is 1.17. The second-order valence-corrected chi connectivity index (χ2v) is 9.45. The quantitative estimate of drug-likeness (QED) is 0.551. The average molecular weight is 470 g/mol. The van der Waals surface area contributed by atoms with Crippen LogP contribution in [0, 0.1) is 6.92 Å². The van der Waals surface area contributed by atoms with Crippen molar-refractivity contribution in [3.05, 3.63) is 88.9 Å². The molecule has 1 aromatic carbocycles. The number of nitrogens with zero attached hydrogens (tertiary/aromatic N) is 4. The number of hydrogen-bond donors (Lipinski definition) is 1. The highest BCUT2D eigenvalue weighted by atomic mass is 16.2. The van der Waals surface area contributed by atoms with Crippen molar-refractivity contribution < 1.29 is 9.59 Å². The number of fused-ring (bicyclic) bond motifs is 1. The van der Waals surface area contributed by atoms with Crippen molar-refractivity contribution in [2.24, 2.45) is 0 Å². The van der Waals surface area contributed by atoms with Gasteiger partial charge < -0.3 is 10.2 Å². The minimum absolute atomic E-state index is 0.0798. The van der Waals surface area contributed by atoms with Gasteiger partial charge in [0.25, 0.3) is 5.91 Å². The molecule has 1 atom stereocenters. The molecule has 2 aliphatic heterocycles. The topological polar surface area (TPSA) is 78.4 Å². The molecule has 4 heterocycles. The van der Waals surface area contributed by atoms with Crippen molar-refractivity contribution in [2.45, 2.75) is 51.7 Å². The molecule has 0 aliphatic carbocycles. The number of nitrogens with one attached hydrogen (secondary N) is 1.